The molecule has 2 aromatic rings. The topological polar surface area (TPSA) is 117 Å². The van der Waals surface area contributed by atoms with Crippen LogP contribution in [0.15, 0.2) is 34.9 Å². The highest BCUT2D eigenvalue weighted by Crippen LogP contribution is 2.39. The maximum atomic E-state index is 13.3. The second kappa shape index (κ2) is 9.74. The predicted octanol–water partition coefficient (Wildman–Crippen LogP) is 4.29. The Labute approximate surface area is 224 Å². The average molecular weight is 567 g/mol. The van der Waals surface area contributed by atoms with Crippen LogP contribution in [0.1, 0.15) is 82.4 Å². The number of carbonyl (C=O) groups excluding carboxylic acids is 3. The number of anilines is 2. The van der Waals surface area contributed by atoms with E-state index in [0.717, 1.165) is 50.9 Å². The summed E-state index contributed by atoms with van der Waals surface area (Å²) in [6.07, 6.45) is 9.89. The third-order valence-corrected chi connectivity index (χ3v) is 8.86. The van der Waals surface area contributed by atoms with Crippen molar-refractivity contribution in [1.29, 1.82) is 0 Å². The van der Waals surface area contributed by atoms with Gasteiger partial charge in [0.25, 0.3) is 11.8 Å². The summed E-state index contributed by atoms with van der Waals surface area (Å²) in [7, 11) is 0. The summed E-state index contributed by atoms with van der Waals surface area (Å²) in [5.74, 6) is 1.27. The van der Waals surface area contributed by atoms with E-state index in [9.17, 15) is 14.4 Å². The standard InChI is InChI=1S/C28H32BrN5O3/c29-23-11-22(27(30)36)24(31-13-15-1-2-15)12-21(23)28(37)33-18-9-19-6-7-20(10-18)34(19)25-8-5-17(14-32-25)26(35)16-3-4-16/h5,8,11-12,14-16,18-20,31H,1-4,6-7,9-10,13H2,(H2,30,36)(H,33,37)/t18-,19+,20-. The van der Waals surface area contributed by atoms with Gasteiger partial charge in [-0.05, 0) is 97.5 Å². The molecule has 9 heteroatoms. The molecule has 0 radical (unpaired) electrons. The molecule has 3 atom stereocenters. The number of piperidine rings is 1. The van der Waals surface area contributed by atoms with Crippen LogP contribution in [0.25, 0.3) is 0 Å². The van der Waals surface area contributed by atoms with Gasteiger partial charge >= 0.3 is 0 Å². The van der Waals surface area contributed by atoms with Crippen molar-refractivity contribution < 1.29 is 14.4 Å². The molecule has 1 aromatic heterocycles. The third kappa shape index (κ3) is 5.10. The highest BCUT2D eigenvalue weighted by Gasteiger charge is 2.42. The van der Waals surface area contributed by atoms with Crippen LogP contribution in [0.3, 0.4) is 0 Å². The Morgan fingerprint density at radius 1 is 1.00 bits per heavy atom. The number of nitrogens with two attached hydrogens (primary N) is 1. The molecule has 4 aliphatic rings. The van der Waals surface area contributed by atoms with Crippen LogP contribution in [0, 0.1) is 11.8 Å². The van der Waals surface area contributed by atoms with Crippen molar-refractivity contribution in [1.82, 2.24) is 10.3 Å². The molecule has 6 rings (SSSR count). The predicted molar refractivity (Wildman–Crippen MR) is 145 cm³/mol. The molecule has 3 heterocycles. The molecule has 0 spiro atoms. The van der Waals surface area contributed by atoms with Gasteiger partial charge in [0.2, 0.25) is 0 Å². The zero-order valence-electron chi connectivity index (χ0n) is 20.7. The number of halogens is 1. The number of benzene rings is 1. The molecule has 194 valence electrons. The lowest BCUT2D eigenvalue weighted by atomic mass is 9.96. The molecule has 2 bridgehead atoms. The molecule has 8 nitrogen and oxygen atoms in total. The zero-order valence-corrected chi connectivity index (χ0v) is 22.3. The van der Waals surface area contributed by atoms with E-state index in [2.05, 4.69) is 36.4 Å². The Balaban J connectivity index is 1.13. The number of nitrogens with one attached hydrogen (secondary N) is 2. The van der Waals surface area contributed by atoms with E-state index >= 15 is 0 Å². The van der Waals surface area contributed by atoms with Crippen LogP contribution in [0.2, 0.25) is 0 Å². The second-order valence-electron chi connectivity index (χ2n) is 11.0. The molecule has 4 N–H and O–H groups in total. The van der Waals surface area contributed by atoms with E-state index < -0.39 is 5.91 Å². The first-order valence-corrected chi connectivity index (χ1v) is 14.1. The van der Waals surface area contributed by atoms with E-state index in [1.165, 1.54) is 12.8 Å². The molecule has 2 amide bonds. The Hall–Kier alpha value is -2.94. The van der Waals surface area contributed by atoms with Crippen LogP contribution in [0.5, 0.6) is 0 Å². The van der Waals surface area contributed by atoms with Gasteiger partial charge in [0, 0.05) is 52.5 Å². The van der Waals surface area contributed by atoms with Crippen molar-refractivity contribution in [2.75, 3.05) is 16.8 Å². The first-order chi connectivity index (χ1) is 17.9. The molecule has 0 unspecified atom stereocenters. The van der Waals surface area contributed by atoms with Crippen LogP contribution < -0.4 is 21.3 Å². The van der Waals surface area contributed by atoms with E-state index in [1.807, 2.05) is 12.1 Å². The van der Waals surface area contributed by atoms with Crippen molar-refractivity contribution >= 4 is 45.0 Å². The van der Waals surface area contributed by atoms with Gasteiger partial charge in [0.05, 0.1) is 11.1 Å². The van der Waals surface area contributed by atoms with Gasteiger partial charge in [0.15, 0.2) is 5.78 Å². The number of pyridine rings is 1. The summed E-state index contributed by atoms with van der Waals surface area (Å²) in [5, 5.41) is 6.56. The summed E-state index contributed by atoms with van der Waals surface area (Å²) in [5.41, 5.74) is 7.79. The lowest BCUT2D eigenvalue weighted by molar-refractivity contribution is 0.0923. The van der Waals surface area contributed by atoms with Gasteiger partial charge in [-0.25, -0.2) is 4.98 Å². The monoisotopic (exact) mass is 565 g/mol. The number of aromatic nitrogens is 1. The fourth-order valence-electron chi connectivity index (χ4n) is 5.87. The number of Topliss-reactive ketones (excluding diaryl/α,β-unsaturated/α-hetero) is 1. The average Bonchev–Trinajstić information content (AvgIpc) is 3.80. The maximum Gasteiger partial charge on any atom is 0.252 e. The van der Waals surface area contributed by atoms with Gasteiger partial charge < -0.3 is 21.3 Å². The van der Waals surface area contributed by atoms with Crippen LogP contribution in [-0.4, -0.2) is 47.3 Å². The molecule has 2 saturated carbocycles. The molecular weight excluding hydrogens is 534 g/mol. The number of fused-ring (bicyclic) bond motifs is 2. The van der Waals surface area contributed by atoms with Crippen molar-refractivity contribution in [3.63, 3.8) is 0 Å². The number of nitrogens with zero attached hydrogens (tertiary/aromatic N) is 2. The summed E-state index contributed by atoms with van der Waals surface area (Å²) in [4.78, 5) is 44.7. The minimum atomic E-state index is -0.520. The highest BCUT2D eigenvalue weighted by atomic mass is 79.9. The number of ketones is 1. The molecule has 1 aromatic carbocycles. The smallest absolute Gasteiger partial charge is 0.252 e. The molecule has 4 fully saturated rings. The molecule has 37 heavy (non-hydrogen) atoms. The number of hydrogen-bond acceptors (Lipinski definition) is 6. The second-order valence-corrected chi connectivity index (χ2v) is 11.9. The SMILES string of the molecule is NC(=O)c1cc(Br)c(C(=O)N[C@H]2C[C@H]3CC[C@@H](C2)N3c2ccc(C(=O)C3CC3)cn2)cc1NCC1CC1. The highest BCUT2D eigenvalue weighted by molar-refractivity contribution is 9.10. The van der Waals surface area contributed by atoms with Gasteiger partial charge in [0.1, 0.15) is 5.82 Å². The van der Waals surface area contributed by atoms with Crippen molar-refractivity contribution in [2.45, 2.75) is 69.5 Å². The minimum absolute atomic E-state index is 0.0579. The largest absolute Gasteiger partial charge is 0.384 e. The first kappa shape index (κ1) is 24.4. The Bertz CT molecular complexity index is 1230. The fourth-order valence-corrected chi connectivity index (χ4v) is 6.39. The number of primary amides is 1. The quantitative estimate of drug-likeness (QED) is 0.390. The van der Waals surface area contributed by atoms with Crippen LogP contribution in [0.4, 0.5) is 11.5 Å². The fraction of sp³-hybridized carbons (Fsp3) is 0.500. The molecule has 2 saturated heterocycles. The van der Waals surface area contributed by atoms with Crippen molar-refractivity contribution in [2.24, 2.45) is 17.6 Å². The molecule has 2 aliphatic carbocycles. The summed E-state index contributed by atoms with van der Waals surface area (Å²) >= 11 is 3.48. The van der Waals surface area contributed by atoms with Gasteiger partial charge in [-0.15, -0.1) is 0 Å². The van der Waals surface area contributed by atoms with E-state index in [4.69, 9.17) is 5.73 Å². The van der Waals surface area contributed by atoms with E-state index in [1.54, 1.807) is 18.3 Å². The number of carbonyl (C=O) groups is 3. The first-order valence-electron chi connectivity index (χ1n) is 13.3. The van der Waals surface area contributed by atoms with Gasteiger partial charge in [-0.1, -0.05) is 0 Å². The minimum Gasteiger partial charge on any atom is -0.384 e. The van der Waals surface area contributed by atoms with Gasteiger partial charge in [-0.2, -0.15) is 0 Å². The maximum absolute atomic E-state index is 13.3. The van der Waals surface area contributed by atoms with Gasteiger partial charge in [-0.3, -0.25) is 14.4 Å². The Kier molecular flexibility index (Phi) is 6.42. The third-order valence-electron chi connectivity index (χ3n) is 8.21. The zero-order chi connectivity index (χ0) is 25.7. The summed E-state index contributed by atoms with van der Waals surface area (Å²) in [6, 6.07) is 7.94. The lowest BCUT2D eigenvalue weighted by Gasteiger charge is -2.40. The summed E-state index contributed by atoms with van der Waals surface area (Å²) in [6.45, 7) is 0.772. The van der Waals surface area contributed by atoms with Crippen LogP contribution >= 0.6 is 15.9 Å². The van der Waals surface area contributed by atoms with Crippen LogP contribution in [-0.2, 0) is 0 Å². The molecular formula is C28H32BrN5O3. The summed E-state index contributed by atoms with van der Waals surface area (Å²) < 4.78 is 0.557. The lowest BCUT2D eigenvalue weighted by Crippen LogP contribution is -2.50. The van der Waals surface area contributed by atoms with E-state index in [0.29, 0.717) is 44.9 Å². The van der Waals surface area contributed by atoms with Crippen molar-refractivity contribution in [3.05, 3.63) is 51.6 Å². The number of rotatable bonds is 9. The Morgan fingerprint density at radius 2 is 1.73 bits per heavy atom. The van der Waals surface area contributed by atoms with Crippen molar-refractivity contribution in [3.8, 4) is 0 Å². The molecule has 2 aliphatic heterocycles. The number of hydrogen-bond donors (Lipinski definition) is 3. The van der Waals surface area contributed by atoms with E-state index in [-0.39, 0.29) is 23.7 Å². The normalized spacial score (nSPS) is 24.6. The Morgan fingerprint density at radius 3 is 2.32 bits per heavy atom. The number of amides is 2.